The molecular weight excluding hydrogens is 415 g/mol. The smallest absolute Gasteiger partial charge is 0.149 e. The zero-order valence-electron chi connectivity index (χ0n) is 17.3. The number of halogens is 2. The molecule has 30 heavy (non-hydrogen) atoms. The lowest BCUT2D eigenvalue weighted by Gasteiger charge is -2.30. The highest BCUT2D eigenvalue weighted by atomic mass is 35.5. The Labute approximate surface area is 186 Å². The Morgan fingerprint density at radius 2 is 1.67 bits per heavy atom. The molecule has 0 amide bonds. The van der Waals surface area contributed by atoms with Crippen LogP contribution in [0, 0.1) is 27.7 Å². The van der Waals surface area contributed by atoms with Gasteiger partial charge < -0.3 is 9.88 Å². The molecule has 4 aromatic rings. The first-order chi connectivity index (χ1) is 14.3. The van der Waals surface area contributed by atoms with Crippen molar-refractivity contribution in [3.63, 3.8) is 0 Å². The van der Waals surface area contributed by atoms with Gasteiger partial charge in [0, 0.05) is 43.9 Å². The van der Waals surface area contributed by atoms with Crippen molar-refractivity contribution in [3.05, 3.63) is 86.8 Å². The molecule has 1 aliphatic heterocycles. The van der Waals surface area contributed by atoms with Crippen LogP contribution < -0.4 is 5.32 Å². The summed E-state index contributed by atoms with van der Waals surface area (Å²) in [4.78, 5) is 0. The lowest BCUT2D eigenvalue weighted by Crippen LogP contribution is -2.26. The van der Waals surface area contributed by atoms with Gasteiger partial charge in [-0.2, -0.15) is 5.10 Å². The van der Waals surface area contributed by atoms with Gasteiger partial charge in [-0.3, -0.25) is 0 Å². The Morgan fingerprint density at radius 1 is 0.933 bits per heavy atom. The summed E-state index contributed by atoms with van der Waals surface area (Å²) in [5.41, 5.74) is 10.1. The topological polar surface area (TPSA) is 34.8 Å². The molecule has 6 heteroatoms. The Morgan fingerprint density at radius 3 is 2.40 bits per heavy atom. The van der Waals surface area contributed by atoms with Crippen molar-refractivity contribution in [3.8, 4) is 16.9 Å². The minimum Gasteiger partial charge on any atom is -0.359 e. The van der Waals surface area contributed by atoms with Gasteiger partial charge in [0.2, 0.25) is 0 Å². The normalized spacial score (nSPS) is 14.9. The zero-order chi connectivity index (χ0) is 21.2. The third kappa shape index (κ3) is 2.94. The van der Waals surface area contributed by atoms with Gasteiger partial charge in [0.1, 0.15) is 6.17 Å². The second kappa shape index (κ2) is 6.93. The summed E-state index contributed by atoms with van der Waals surface area (Å²) in [7, 11) is 0. The quantitative estimate of drug-likeness (QED) is 0.372. The van der Waals surface area contributed by atoms with Crippen LogP contribution >= 0.6 is 23.2 Å². The Hall–Kier alpha value is -2.69. The number of nitrogens with zero attached hydrogens (tertiary/aromatic N) is 3. The molecule has 0 bridgehead atoms. The van der Waals surface area contributed by atoms with Gasteiger partial charge in [-0.25, -0.2) is 4.68 Å². The molecule has 2 aromatic carbocycles. The molecule has 0 spiro atoms. The van der Waals surface area contributed by atoms with Crippen LogP contribution in [0.15, 0.2) is 48.5 Å². The molecule has 0 aliphatic carbocycles. The van der Waals surface area contributed by atoms with Crippen LogP contribution in [0.1, 0.15) is 34.4 Å². The van der Waals surface area contributed by atoms with Crippen molar-refractivity contribution in [2.45, 2.75) is 33.9 Å². The van der Waals surface area contributed by atoms with E-state index in [1.54, 1.807) is 6.07 Å². The van der Waals surface area contributed by atoms with Crippen molar-refractivity contribution in [1.82, 2.24) is 14.3 Å². The zero-order valence-corrected chi connectivity index (χ0v) is 18.8. The van der Waals surface area contributed by atoms with Crippen LogP contribution in [0.5, 0.6) is 0 Å². The van der Waals surface area contributed by atoms with Gasteiger partial charge in [0.05, 0.1) is 11.4 Å². The first-order valence-corrected chi connectivity index (χ1v) is 10.7. The number of benzene rings is 2. The van der Waals surface area contributed by atoms with E-state index in [0.717, 1.165) is 34.2 Å². The second-order valence-electron chi connectivity index (χ2n) is 7.95. The molecule has 0 saturated heterocycles. The number of hydrogen-bond donors (Lipinski definition) is 1. The minimum absolute atomic E-state index is 0.100. The fraction of sp³-hybridized carbons (Fsp3) is 0.208. The van der Waals surface area contributed by atoms with E-state index in [1.807, 2.05) is 19.1 Å². The predicted octanol–water partition coefficient (Wildman–Crippen LogP) is 6.85. The lowest BCUT2D eigenvalue weighted by molar-refractivity contribution is 0.567. The van der Waals surface area contributed by atoms with Crippen molar-refractivity contribution in [2.75, 3.05) is 5.32 Å². The van der Waals surface area contributed by atoms with Gasteiger partial charge in [0.15, 0.2) is 0 Å². The largest absolute Gasteiger partial charge is 0.359 e. The molecule has 152 valence electrons. The molecule has 0 saturated carbocycles. The van der Waals surface area contributed by atoms with E-state index in [2.05, 4.69) is 65.7 Å². The van der Waals surface area contributed by atoms with Crippen LogP contribution in [-0.2, 0) is 0 Å². The summed E-state index contributed by atoms with van der Waals surface area (Å²) in [6, 6.07) is 16.4. The van der Waals surface area contributed by atoms with Gasteiger partial charge in [-0.05, 0) is 63.6 Å². The lowest BCUT2D eigenvalue weighted by atomic mass is 10.0. The van der Waals surface area contributed by atoms with Crippen LogP contribution in [0.25, 0.3) is 16.9 Å². The summed E-state index contributed by atoms with van der Waals surface area (Å²) in [5.74, 6) is 0. The Balaban J connectivity index is 1.69. The average Bonchev–Trinajstić information content (AvgIpc) is 3.20. The summed E-state index contributed by atoms with van der Waals surface area (Å²) >= 11 is 12.6. The van der Waals surface area contributed by atoms with Crippen molar-refractivity contribution < 1.29 is 0 Å². The van der Waals surface area contributed by atoms with Crippen molar-refractivity contribution in [2.24, 2.45) is 0 Å². The highest BCUT2D eigenvalue weighted by Gasteiger charge is 2.30. The molecule has 1 aliphatic rings. The Bertz CT molecular complexity index is 1280. The molecule has 0 radical (unpaired) electrons. The molecule has 1 atom stereocenters. The Kier molecular flexibility index (Phi) is 4.46. The number of para-hydroxylation sites is 1. The molecule has 1 N–H and O–H groups in total. The van der Waals surface area contributed by atoms with E-state index in [1.165, 1.54) is 16.7 Å². The van der Waals surface area contributed by atoms with E-state index in [0.29, 0.717) is 10.0 Å². The van der Waals surface area contributed by atoms with Crippen molar-refractivity contribution in [1.29, 1.82) is 0 Å². The summed E-state index contributed by atoms with van der Waals surface area (Å²) in [5, 5.41) is 9.81. The number of nitrogens with one attached hydrogen (secondary N) is 1. The first-order valence-electron chi connectivity index (χ1n) is 9.91. The second-order valence-corrected chi connectivity index (χ2v) is 8.82. The average molecular weight is 437 g/mol. The summed E-state index contributed by atoms with van der Waals surface area (Å²) in [6.07, 6.45) is -0.100. The maximum Gasteiger partial charge on any atom is 0.149 e. The fourth-order valence-corrected chi connectivity index (χ4v) is 5.04. The van der Waals surface area contributed by atoms with Crippen LogP contribution in [0.4, 0.5) is 5.69 Å². The number of rotatable bonds is 2. The number of anilines is 1. The van der Waals surface area contributed by atoms with Gasteiger partial charge >= 0.3 is 0 Å². The number of hydrogen-bond acceptors (Lipinski definition) is 2. The molecule has 1 unspecified atom stereocenters. The highest BCUT2D eigenvalue weighted by molar-refractivity contribution is 6.34. The molecule has 0 fully saturated rings. The SMILES string of the molecule is Cc1cc2n(n1)C(c1cc(C)n(-c3cc(Cl)cc(Cl)c3)c1C)Nc1c(C)cccc1-2. The summed E-state index contributed by atoms with van der Waals surface area (Å²) in [6.45, 7) is 8.40. The van der Waals surface area contributed by atoms with Gasteiger partial charge in [-0.1, -0.05) is 41.4 Å². The molecular formula is C24H22Cl2N4. The van der Waals surface area contributed by atoms with E-state index in [4.69, 9.17) is 28.3 Å². The summed E-state index contributed by atoms with van der Waals surface area (Å²) < 4.78 is 4.28. The number of aromatic nitrogens is 3. The maximum atomic E-state index is 6.28. The third-order valence-corrected chi connectivity index (χ3v) is 6.24. The predicted molar refractivity (Wildman–Crippen MR) is 124 cm³/mol. The fourth-order valence-electron chi connectivity index (χ4n) is 4.52. The molecule has 2 aromatic heterocycles. The monoisotopic (exact) mass is 436 g/mol. The van der Waals surface area contributed by atoms with Gasteiger partial charge in [0.25, 0.3) is 0 Å². The molecule has 3 heterocycles. The van der Waals surface area contributed by atoms with Crippen LogP contribution in [-0.4, -0.2) is 14.3 Å². The first kappa shape index (κ1) is 19.3. The van der Waals surface area contributed by atoms with Crippen LogP contribution in [0.3, 0.4) is 0 Å². The van der Waals surface area contributed by atoms with E-state index < -0.39 is 0 Å². The number of aryl methyl sites for hydroxylation is 3. The van der Waals surface area contributed by atoms with Crippen molar-refractivity contribution >= 4 is 28.9 Å². The minimum atomic E-state index is -0.100. The van der Waals surface area contributed by atoms with Crippen LogP contribution in [0.2, 0.25) is 10.0 Å². The molecule has 4 nitrogen and oxygen atoms in total. The van der Waals surface area contributed by atoms with E-state index >= 15 is 0 Å². The highest BCUT2D eigenvalue weighted by Crippen LogP contribution is 2.41. The standard InChI is InChI=1S/C24H22Cl2N4/c1-13-6-5-7-20-22-8-14(2)28-30(22)24(27-23(13)20)21-9-15(3)29(16(21)4)19-11-17(25)10-18(26)12-19/h5-12,24,27H,1-4H3. The van der Waals surface area contributed by atoms with Gasteiger partial charge in [-0.15, -0.1) is 0 Å². The maximum absolute atomic E-state index is 6.28. The molecule has 5 rings (SSSR count). The van der Waals surface area contributed by atoms with E-state index in [9.17, 15) is 0 Å². The number of fused-ring (bicyclic) bond motifs is 3. The third-order valence-electron chi connectivity index (χ3n) is 5.80. The van der Waals surface area contributed by atoms with E-state index in [-0.39, 0.29) is 6.17 Å².